The number of aliphatic hydroxyl groups excluding tert-OH is 1. The van der Waals surface area contributed by atoms with E-state index in [1.165, 1.54) is 122 Å². The second-order valence-electron chi connectivity index (χ2n) is 24.9. The Bertz CT molecular complexity index is 1810. The van der Waals surface area contributed by atoms with Crippen LogP contribution in [0.4, 0.5) is 0 Å². The molecule has 88 heavy (non-hydrogen) atoms. The minimum atomic E-state index is -4.96. The minimum Gasteiger partial charge on any atom is -0.462 e. The topological polar surface area (TPSA) is 237 Å². The van der Waals surface area contributed by atoms with Crippen LogP contribution in [-0.4, -0.2) is 96.7 Å². The zero-order valence-corrected chi connectivity index (χ0v) is 58.3. The number of unbranched alkanes of at least 4 members (excludes halogenated alkanes) is 32. The lowest BCUT2D eigenvalue weighted by molar-refractivity contribution is -0.161. The molecule has 0 aromatic carbocycles. The SMILES string of the molecule is CCCCCC/C=C\C=C/CCCCCCCC(=O)O[C@H](COC(=O)CCCCCCCCCCCCCCC(C)C)COP(=O)(O)OC[C@@H](O)COP(=O)(O)OC[C@@H](COC(=O)CCCCCCCCCC)OC(=O)CCCCCCCCC(C)CC. The summed E-state index contributed by atoms with van der Waals surface area (Å²) in [6, 6.07) is 0. The maximum atomic E-state index is 13.0. The molecule has 0 aromatic heterocycles. The second kappa shape index (κ2) is 60.8. The molecule has 17 nitrogen and oxygen atoms in total. The predicted molar refractivity (Wildman–Crippen MR) is 354 cm³/mol. The molecule has 0 rings (SSSR count). The van der Waals surface area contributed by atoms with Gasteiger partial charge in [-0.3, -0.25) is 37.3 Å². The van der Waals surface area contributed by atoms with Gasteiger partial charge in [-0.2, -0.15) is 0 Å². The Hall–Kier alpha value is -2.46. The molecule has 0 aliphatic heterocycles. The number of esters is 4. The molecule has 19 heteroatoms. The van der Waals surface area contributed by atoms with Gasteiger partial charge >= 0.3 is 39.5 Å². The maximum Gasteiger partial charge on any atom is 0.472 e. The zero-order valence-electron chi connectivity index (χ0n) is 56.5. The first-order chi connectivity index (χ1) is 42.4. The fourth-order valence-corrected chi connectivity index (χ4v) is 11.4. The fraction of sp³-hybridized carbons (Fsp3) is 0.884. The van der Waals surface area contributed by atoms with Crippen LogP contribution in [0.1, 0.15) is 324 Å². The molecule has 0 heterocycles. The number of allylic oxidation sites excluding steroid dienone is 4. The number of phosphoric ester groups is 2. The third kappa shape index (κ3) is 61.1. The van der Waals surface area contributed by atoms with Crippen LogP contribution in [0.25, 0.3) is 0 Å². The van der Waals surface area contributed by atoms with Crippen molar-refractivity contribution < 1.29 is 80.2 Å². The van der Waals surface area contributed by atoms with E-state index in [2.05, 4.69) is 65.8 Å². The van der Waals surface area contributed by atoms with Crippen LogP contribution in [0.2, 0.25) is 0 Å². The van der Waals surface area contributed by atoms with Crippen molar-refractivity contribution in [3.05, 3.63) is 24.3 Å². The Kier molecular flexibility index (Phi) is 59.1. The molecule has 0 aromatic rings. The molecule has 518 valence electrons. The first-order valence-electron chi connectivity index (χ1n) is 35.3. The number of carbonyl (C=O) groups excluding carboxylic acids is 4. The molecule has 0 aliphatic carbocycles. The van der Waals surface area contributed by atoms with Crippen LogP contribution >= 0.6 is 15.6 Å². The molecule has 3 N–H and O–H groups in total. The molecule has 0 amide bonds. The van der Waals surface area contributed by atoms with Crippen molar-refractivity contribution in [3.8, 4) is 0 Å². The largest absolute Gasteiger partial charge is 0.472 e. The lowest BCUT2D eigenvalue weighted by Crippen LogP contribution is -2.30. The summed E-state index contributed by atoms with van der Waals surface area (Å²) >= 11 is 0. The van der Waals surface area contributed by atoms with Crippen molar-refractivity contribution in [2.45, 2.75) is 342 Å². The lowest BCUT2D eigenvalue weighted by atomic mass is 10.00. The number of carbonyl (C=O) groups is 4. The molecule has 0 aliphatic rings. The van der Waals surface area contributed by atoms with Crippen LogP contribution in [0.5, 0.6) is 0 Å². The molecule has 0 spiro atoms. The summed E-state index contributed by atoms with van der Waals surface area (Å²) in [5.41, 5.74) is 0. The number of ether oxygens (including phenoxy) is 4. The Morgan fingerprint density at radius 1 is 0.375 bits per heavy atom. The first-order valence-corrected chi connectivity index (χ1v) is 38.3. The van der Waals surface area contributed by atoms with Crippen LogP contribution < -0.4 is 0 Å². The highest BCUT2D eigenvalue weighted by Crippen LogP contribution is 2.45. The first kappa shape index (κ1) is 85.5. The molecule has 0 saturated carbocycles. The highest BCUT2D eigenvalue weighted by atomic mass is 31.2. The Morgan fingerprint density at radius 3 is 1.02 bits per heavy atom. The number of hydrogen-bond donors (Lipinski definition) is 3. The summed E-state index contributed by atoms with van der Waals surface area (Å²) in [5.74, 6) is -0.664. The van der Waals surface area contributed by atoms with Gasteiger partial charge in [0.05, 0.1) is 26.4 Å². The van der Waals surface area contributed by atoms with Gasteiger partial charge in [-0.25, -0.2) is 9.13 Å². The van der Waals surface area contributed by atoms with Gasteiger partial charge in [0, 0.05) is 25.7 Å². The van der Waals surface area contributed by atoms with Crippen molar-refractivity contribution >= 4 is 39.5 Å². The Morgan fingerprint density at radius 2 is 0.670 bits per heavy atom. The van der Waals surface area contributed by atoms with Gasteiger partial charge in [0.1, 0.15) is 19.3 Å². The van der Waals surface area contributed by atoms with Crippen LogP contribution in [0.15, 0.2) is 24.3 Å². The molecule has 0 fully saturated rings. The van der Waals surface area contributed by atoms with Crippen molar-refractivity contribution in [3.63, 3.8) is 0 Å². The van der Waals surface area contributed by atoms with E-state index in [9.17, 15) is 43.2 Å². The van der Waals surface area contributed by atoms with Crippen molar-refractivity contribution in [2.24, 2.45) is 11.8 Å². The molecular formula is C69H130O17P2. The average Bonchev–Trinajstić information content (AvgIpc) is 3.57. The lowest BCUT2D eigenvalue weighted by Gasteiger charge is -2.21. The highest BCUT2D eigenvalue weighted by molar-refractivity contribution is 7.47. The number of hydrogen-bond acceptors (Lipinski definition) is 15. The van der Waals surface area contributed by atoms with Gasteiger partial charge in [0.15, 0.2) is 12.2 Å². The molecule has 0 saturated heterocycles. The van der Waals surface area contributed by atoms with E-state index in [-0.39, 0.29) is 25.7 Å². The van der Waals surface area contributed by atoms with Gasteiger partial charge in [0.2, 0.25) is 0 Å². The minimum absolute atomic E-state index is 0.0847. The Labute approximate surface area is 535 Å². The summed E-state index contributed by atoms with van der Waals surface area (Å²) in [5, 5.41) is 10.6. The highest BCUT2D eigenvalue weighted by Gasteiger charge is 2.30. The number of aliphatic hydroxyl groups is 1. The summed E-state index contributed by atoms with van der Waals surface area (Å²) in [6.45, 7) is 9.40. The van der Waals surface area contributed by atoms with E-state index < -0.39 is 97.5 Å². The molecular weight excluding hydrogens is 1160 g/mol. The van der Waals surface area contributed by atoms with Gasteiger partial charge < -0.3 is 33.8 Å². The normalized spacial score (nSPS) is 14.7. The predicted octanol–water partition coefficient (Wildman–Crippen LogP) is 19.2. The summed E-state index contributed by atoms with van der Waals surface area (Å²) in [7, 11) is -9.91. The quantitative estimate of drug-likeness (QED) is 0.0169. The van der Waals surface area contributed by atoms with Gasteiger partial charge in [-0.1, -0.05) is 271 Å². The average molecular weight is 1290 g/mol. The zero-order chi connectivity index (χ0) is 65.0. The standard InChI is InChI=1S/C69H130O17P2/c1-7-10-12-14-16-18-19-20-21-22-27-30-34-41-47-53-68(73)85-64(57-80-67(72)52-46-40-33-29-26-24-23-25-28-31-37-43-49-61(4)5)59-83-87(75,76)81-55-63(70)56-82-88(77,78)84-60-65(58-79-66(71)51-45-39-32-17-15-13-11-8-2)86-69(74)54-48-42-36-35-38-44-50-62(6)9-3/h18-21,61-65,70H,7-17,22-60H2,1-6H3,(H,75,76)(H,77,78)/b19-18-,21-20-/t62?,63-,64-,65-/m1/s1. The summed E-state index contributed by atoms with van der Waals surface area (Å²) in [4.78, 5) is 72.4. The van der Waals surface area contributed by atoms with Gasteiger partial charge in [-0.05, 0) is 63.2 Å². The van der Waals surface area contributed by atoms with Crippen molar-refractivity contribution in [2.75, 3.05) is 39.6 Å². The maximum absolute atomic E-state index is 13.0. The van der Waals surface area contributed by atoms with E-state index >= 15 is 0 Å². The fourth-order valence-electron chi connectivity index (χ4n) is 9.84. The number of rotatable bonds is 66. The monoisotopic (exact) mass is 1290 g/mol. The van der Waals surface area contributed by atoms with E-state index in [1.807, 2.05) is 0 Å². The summed E-state index contributed by atoms with van der Waals surface area (Å²) in [6.07, 6.45) is 48.1. The van der Waals surface area contributed by atoms with Crippen LogP contribution in [0, 0.1) is 11.8 Å². The van der Waals surface area contributed by atoms with Gasteiger partial charge in [0.25, 0.3) is 0 Å². The van der Waals surface area contributed by atoms with Crippen molar-refractivity contribution in [1.82, 2.24) is 0 Å². The van der Waals surface area contributed by atoms with Crippen molar-refractivity contribution in [1.29, 1.82) is 0 Å². The molecule has 3 unspecified atom stereocenters. The van der Waals surface area contributed by atoms with E-state index in [4.69, 9.17) is 37.0 Å². The molecule has 0 bridgehead atoms. The smallest absolute Gasteiger partial charge is 0.462 e. The van der Waals surface area contributed by atoms with Gasteiger partial charge in [-0.15, -0.1) is 0 Å². The van der Waals surface area contributed by atoms with E-state index in [0.717, 1.165) is 121 Å². The Balaban J connectivity index is 5.27. The molecule has 0 radical (unpaired) electrons. The second-order valence-corrected chi connectivity index (χ2v) is 27.9. The third-order valence-electron chi connectivity index (χ3n) is 15.7. The van der Waals surface area contributed by atoms with E-state index in [1.54, 1.807) is 0 Å². The number of phosphoric acid groups is 2. The van der Waals surface area contributed by atoms with E-state index in [0.29, 0.717) is 25.7 Å². The molecule has 6 atom stereocenters. The summed E-state index contributed by atoms with van der Waals surface area (Å²) < 4.78 is 68.1. The third-order valence-corrected chi connectivity index (χ3v) is 17.6. The van der Waals surface area contributed by atoms with Crippen LogP contribution in [0.3, 0.4) is 0 Å². The van der Waals surface area contributed by atoms with Crippen LogP contribution in [-0.2, 0) is 65.4 Å².